The van der Waals surface area contributed by atoms with Crippen molar-refractivity contribution < 1.29 is 14.2 Å². The van der Waals surface area contributed by atoms with Crippen molar-refractivity contribution in [2.24, 2.45) is 0 Å². The highest BCUT2D eigenvalue weighted by atomic mass is 79.9. The summed E-state index contributed by atoms with van der Waals surface area (Å²) in [5.41, 5.74) is 2.63. The number of nitro benzene ring substituents is 1. The summed E-state index contributed by atoms with van der Waals surface area (Å²) >= 11 is 3.43. The van der Waals surface area contributed by atoms with E-state index in [1.165, 1.54) is 13.2 Å². The zero-order chi connectivity index (χ0) is 18.4. The molecule has 0 fully saturated rings. The van der Waals surface area contributed by atoms with Crippen LogP contribution in [0.15, 0.2) is 59.2 Å². The van der Waals surface area contributed by atoms with Gasteiger partial charge in [-0.15, -0.1) is 0 Å². The summed E-state index contributed by atoms with van der Waals surface area (Å²) in [5, 5.41) is 11.5. The topological polar surface area (TPSA) is 55.4 Å². The van der Waals surface area contributed by atoms with Gasteiger partial charge in [0.05, 0.1) is 24.5 Å². The van der Waals surface area contributed by atoms with Gasteiger partial charge in [0, 0.05) is 17.5 Å². The van der Waals surface area contributed by atoms with Crippen LogP contribution in [0.4, 0.5) is 11.4 Å². The Morgan fingerprint density at radius 3 is 2.44 bits per heavy atom. The summed E-state index contributed by atoms with van der Waals surface area (Å²) in [7, 11) is 1.49. The molecule has 5 nitrogen and oxygen atoms in total. The van der Waals surface area contributed by atoms with Crippen LogP contribution in [0.2, 0.25) is 0 Å². The number of allylic oxidation sites excluding steroid dienone is 1. The molecule has 2 aromatic carbocycles. The first kappa shape index (κ1) is 18.9. The van der Waals surface area contributed by atoms with E-state index < -0.39 is 0 Å². The molecule has 0 saturated carbocycles. The standard InChI is InChI=1S/C19H20BrN2O3/c1-4-11-21(14(2)12-15-5-7-16(20)8-6-15)18-10-9-17(25-3)13-19(18)22(23)24/h4-11,13H,12H2,1-3H3/q+1/b11-4-,21-14?. The molecular formula is C19H20BrN2O3+. The normalized spacial score (nSPS) is 12.2. The average molecular weight is 404 g/mol. The molecule has 0 unspecified atom stereocenters. The highest BCUT2D eigenvalue weighted by molar-refractivity contribution is 9.10. The van der Waals surface area contributed by atoms with E-state index in [0.29, 0.717) is 17.9 Å². The molecule has 0 aromatic heterocycles. The lowest BCUT2D eigenvalue weighted by Gasteiger charge is -2.06. The fourth-order valence-electron chi connectivity index (χ4n) is 2.53. The lowest BCUT2D eigenvalue weighted by molar-refractivity contribution is -0.413. The minimum atomic E-state index is -0.388. The van der Waals surface area contributed by atoms with Crippen LogP contribution in [0, 0.1) is 10.1 Å². The molecule has 2 rings (SSSR count). The van der Waals surface area contributed by atoms with E-state index in [1.807, 2.05) is 55.0 Å². The molecule has 2 aromatic rings. The van der Waals surface area contributed by atoms with E-state index in [0.717, 1.165) is 15.7 Å². The van der Waals surface area contributed by atoms with Gasteiger partial charge in [0.2, 0.25) is 0 Å². The lowest BCUT2D eigenvalue weighted by Crippen LogP contribution is -2.13. The fraction of sp³-hybridized carbons (Fsp3) is 0.211. The maximum absolute atomic E-state index is 11.5. The van der Waals surface area contributed by atoms with Crippen molar-refractivity contribution in [3.05, 3.63) is 74.9 Å². The van der Waals surface area contributed by atoms with Crippen molar-refractivity contribution in [3.8, 4) is 5.75 Å². The number of nitrogens with zero attached hydrogens (tertiary/aromatic N) is 2. The first-order valence-corrected chi connectivity index (χ1v) is 8.57. The van der Waals surface area contributed by atoms with Gasteiger partial charge in [0.25, 0.3) is 5.69 Å². The number of ether oxygens (including phenoxy) is 1. The second kappa shape index (κ2) is 8.58. The number of halogens is 1. The van der Waals surface area contributed by atoms with Crippen LogP contribution in [0.1, 0.15) is 19.4 Å². The maximum Gasteiger partial charge on any atom is 0.344 e. The highest BCUT2D eigenvalue weighted by Crippen LogP contribution is 2.31. The van der Waals surface area contributed by atoms with Gasteiger partial charge in [0.1, 0.15) is 5.75 Å². The molecular weight excluding hydrogens is 384 g/mol. The zero-order valence-electron chi connectivity index (χ0n) is 14.4. The van der Waals surface area contributed by atoms with Gasteiger partial charge >= 0.3 is 5.69 Å². The van der Waals surface area contributed by atoms with Crippen molar-refractivity contribution >= 4 is 33.0 Å². The molecule has 25 heavy (non-hydrogen) atoms. The summed E-state index contributed by atoms with van der Waals surface area (Å²) in [6, 6.07) is 12.9. The van der Waals surface area contributed by atoms with Gasteiger partial charge < -0.3 is 4.74 Å². The van der Waals surface area contributed by atoms with E-state index in [9.17, 15) is 10.1 Å². The highest BCUT2D eigenvalue weighted by Gasteiger charge is 2.25. The quantitative estimate of drug-likeness (QED) is 0.286. The second-order valence-electron chi connectivity index (χ2n) is 5.50. The maximum atomic E-state index is 11.5. The summed E-state index contributed by atoms with van der Waals surface area (Å²) in [6.45, 7) is 3.85. The molecule has 6 heteroatoms. The minimum absolute atomic E-state index is 0.00704. The van der Waals surface area contributed by atoms with Gasteiger partial charge in [-0.3, -0.25) is 10.1 Å². The summed E-state index contributed by atoms with van der Waals surface area (Å²) in [5.74, 6) is 0.460. The van der Waals surface area contributed by atoms with Gasteiger partial charge in [-0.2, -0.15) is 4.58 Å². The van der Waals surface area contributed by atoms with Crippen LogP contribution in [0.3, 0.4) is 0 Å². The van der Waals surface area contributed by atoms with Crippen LogP contribution < -0.4 is 4.74 Å². The molecule has 0 aliphatic carbocycles. The molecule has 0 radical (unpaired) electrons. The Kier molecular flexibility index (Phi) is 6.47. The molecule has 130 valence electrons. The van der Waals surface area contributed by atoms with E-state index in [-0.39, 0.29) is 10.6 Å². The summed E-state index contributed by atoms with van der Waals surface area (Å²) in [4.78, 5) is 11.1. The predicted octanol–water partition coefficient (Wildman–Crippen LogP) is 5.25. The summed E-state index contributed by atoms with van der Waals surface area (Å²) < 4.78 is 7.98. The third kappa shape index (κ3) is 4.76. The minimum Gasteiger partial charge on any atom is -0.496 e. The molecule has 0 atom stereocenters. The fourth-order valence-corrected chi connectivity index (χ4v) is 2.79. The Balaban J connectivity index is 2.52. The van der Waals surface area contributed by atoms with Gasteiger partial charge in [-0.05, 0) is 36.8 Å². The Labute approximate surface area is 155 Å². The third-order valence-electron chi connectivity index (χ3n) is 3.72. The first-order chi connectivity index (χ1) is 12.0. The second-order valence-corrected chi connectivity index (χ2v) is 6.42. The number of methoxy groups -OCH3 is 1. The SMILES string of the molecule is C/C=C\[N+](=C(C)Cc1ccc(Br)cc1)c1ccc(OC)cc1[N+](=O)[O-]. The molecule has 0 N–H and O–H groups in total. The first-order valence-electron chi connectivity index (χ1n) is 7.77. The van der Waals surface area contributed by atoms with Crippen molar-refractivity contribution in [1.29, 1.82) is 0 Å². The number of nitro groups is 1. The molecule has 0 aliphatic rings. The van der Waals surface area contributed by atoms with Crippen LogP contribution in [-0.4, -0.2) is 22.3 Å². The van der Waals surface area contributed by atoms with E-state index in [2.05, 4.69) is 15.9 Å². The molecule has 0 amide bonds. The number of benzene rings is 2. The average Bonchev–Trinajstić information content (AvgIpc) is 2.61. The molecule has 0 heterocycles. The van der Waals surface area contributed by atoms with Crippen LogP contribution in [0.5, 0.6) is 5.75 Å². The Hall–Kier alpha value is -2.47. The Morgan fingerprint density at radius 2 is 1.88 bits per heavy atom. The smallest absolute Gasteiger partial charge is 0.344 e. The molecule has 0 saturated heterocycles. The zero-order valence-corrected chi connectivity index (χ0v) is 16.0. The Morgan fingerprint density at radius 1 is 1.20 bits per heavy atom. The molecule has 0 aliphatic heterocycles. The van der Waals surface area contributed by atoms with E-state index in [4.69, 9.17) is 4.74 Å². The third-order valence-corrected chi connectivity index (χ3v) is 4.25. The Bertz CT molecular complexity index is 827. The van der Waals surface area contributed by atoms with Crippen molar-refractivity contribution in [3.63, 3.8) is 0 Å². The molecule has 0 spiro atoms. The van der Waals surface area contributed by atoms with E-state index >= 15 is 0 Å². The van der Waals surface area contributed by atoms with Gasteiger partial charge in [0.15, 0.2) is 11.9 Å². The molecule has 0 bridgehead atoms. The van der Waals surface area contributed by atoms with Gasteiger partial charge in [-0.1, -0.05) is 28.1 Å². The van der Waals surface area contributed by atoms with Crippen molar-refractivity contribution in [2.75, 3.05) is 7.11 Å². The number of hydrogen-bond acceptors (Lipinski definition) is 3. The lowest BCUT2D eigenvalue weighted by atomic mass is 10.1. The van der Waals surface area contributed by atoms with E-state index in [1.54, 1.807) is 12.1 Å². The largest absolute Gasteiger partial charge is 0.496 e. The summed E-state index contributed by atoms with van der Waals surface area (Å²) in [6.07, 6.45) is 4.38. The monoisotopic (exact) mass is 403 g/mol. The van der Waals surface area contributed by atoms with Crippen LogP contribution >= 0.6 is 15.9 Å². The van der Waals surface area contributed by atoms with Crippen LogP contribution in [0.25, 0.3) is 0 Å². The number of hydrogen-bond donors (Lipinski definition) is 0. The number of rotatable bonds is 6. The van der Waals surface area contributed by atoms with Gasteiger partial charge in [-0.25, -0.2) is 0 Å². The van der Waals surface area contributed by atoms with Crippen molar-refractivity contribution in [1.82, 2.24) is 0 Å². The van der Waals surface area contributed by atoms with Crippen molar-refractivity contribution in [2.45, 2.75) is 20.3 Å². The van der Waals surface area contributed by atoms with Crippen LogP contribution in [-0.2, 0) is 6.42 Å². The predicted molar refractivity (Wildman–Crippen MR) is 103 cm³/mol.